The molecule has 2 nitrogen and oxygen atoms in total. The van der Waals surface area contributed by atoms with Gasteiger partial charge >= 0.3 is 0 Å². The van der Waals surface area contributed by atoms with Crippen LogP contribution in [0.25, 0.3) is 11.3 Å². The van der Waals surface area contributed by atoms with E-state index in [1.54, 1.807) is 0 Å². The Balaban J connectivity index is 0.00000128. The van der Waals surface area contributed by atoms with Crippen LogP contribution in [-0.4, -0.2) is 9.97 Å². The highest BCUT2D eigenvalue weighted by Gasteiger charge is 2.11. The predicted molar refractivity (Wildman–Crippen MR) is 61.8 cm³/mol. The summed E-state index contributed by atoms with van der Waals surface area (Å²) in [6.07, 6.45) is 2.68. The van der Waals surface area contributed by atoms with Crippen molar-refractivity contribution in [1.82, 2.24) is 9.97 Å². The minimum atomic E-state index is -1.48. The van der Waals surface area contributed by atoms with E-state index >= 15 is 0 Å². The first-order chi connectivity index (χ1) is 7.18. The van der Waals surface area contributed by atoms with E-state index in [4.69, 9.17) is 0 Å². The van der Waals surface area contributed by atoms with Crippen LogP contribution >= 0.6 is 24.8 Å². The zero-order valence-electron chi connectivity index (χ0n) is 8.23. The Morgan fingerprint density at radius 2 is 1.53 bits per heavy atom. The molecule has 0 unspecified atom stereocenters. The second-order valence-corrected chi connectivity index (χ2v) is 2.85. The van der Waals surface area contributed by atoms with Gasteiger partial charge in [-0.15, -0.1) is 24.8 Å². The van der Waals surface area contributed by atoms with Crippen molar-refractivity contribution in [2.45, 2.75) is 0 Å². The molecule has 0 N–H and O–H groups in total. The summed E-state index contributed by atoms with van der Waals surface area (Å²) in [4.78, 5) is 7.45. The van der Waals surface area contributed by atoms with Crippen LogP contribution in [0.15, 0.2) is 30.7 Å². The summed E-state index contributed by atoms with van der Waals surface area (Å²) in [6.45, 7) is 0. The Morgan fingerprint density at radius 3 is 2.00 bits per heavy atom. The van der Waals surface area contributed by atoms with Gasteiger partial charge in [0.15, 0.2) is 17.5 Å². The van der Waals surface area contributed by atoms with E-state index in [-0.39, 0.29) is 30.4 Å². The standard InChI is InChI=1S/C10H5F3N2.2ClH/c11-7-3-6(4-8(12)10(7)13)9-1-2-14-5-15-9;;/h1-5H;2*1H. The van der Waals surface area contributed by atoms with E-state index in [0.717, 1.165) is 12.1 Å². The van der Waals surface area contributed by atoms with E-state index in [0.29, 0.717) is 5.69 Å². The molecule has 0 spiro atoms. The van der Waals surface area contributed by atoms with Crippen LogP contribution in [0, 0.1) is 17.5 Å². The number of hydrogen-bond acceptors (Lipinski definition) is 2. The molecule has 0 aliphatic heterocycles. The lowest BCUT2D eigenvalue weighted by Gasteiger charge is -2.01. The average Bonchev–Trinajstić information content (AvgIpc) is 2.26. The van der Waals surface area contributed by atoms with E-state index in [1.807, 2.05) is 0 Å². The first-order valence-electron chi connectivity index (χ1n) is 4.09. The van der Waals surface area contributed by atoms with Crippen molar-refractivity contribution in [3.8, 4) is 11.3 Å². The minimum absolute atomic E-state index is 0. The first kappa shape index (κ1) is 15.7. The summed E-state index contributed by atoms with van der Waals surface area (Å²) in [6, 6.07) is 3.26. The molecule has 1 aromatic carbocycles. The fraction of sp³-hybridized carbons (Fsp3) is 0. The van der Waals surface area contributed by atoms with Gasteiger partial charge < -0.3 is 0 Å². The third kappa shape index (κ3) is 3.31. The molecule has 0 atom stereocenters. The highest BCUT2D eigenvalue weighted by Crippen LogP contribution is 2.21. The third-order valence-electron chi connectivity index (χ3n) is 1.86. The summed E-state index contributed by atoms with van der Waals surface area (Å²) in [5, 5.41) is 0. The summed E-state index contributed by atoms with van der Waals surface area (Å²) in [5.41, 5.74) is 0.511. The summed E-state index contributed by atoms with van der Waals surface area (Å²) in [5.74, 6) is -3.94. The average molecular weight is 283 g/mol. The molecule has 1 aromatic heterocycles. The van der Waals surface area contributed by atoms with Crippen molar-refractivity contribution in [2.75, 3.05) is 0 Å². The fourth-order valence-corrected chi connectivity index (χ4v) is 1.16. The highest BCUT2D eigenvalue weighted by atomic mass is 35.5. The van der Waals surface area contributed by atoms with Crippen molar-refractivity contribution in [3.63, 3.8) is 0 Å². The van der Waals surface area contributed by atoms with Gasteiger partial charge in [0.25, 0.3) is 0 Å². The quantitative estimate of drug-likeness (QED) is 0.749. The van der Waals surface area contributed by atoms with E-state index < -0.39 is 17.5 Å². The van der Waals surface area contributed by atoms with Gasteiger partial charge in [-0.05, 0) is 18.2 Å². The molecular formula is C10H7Cl2F3N2. The fourth-order valence-electron chi connectivity index (χ4n) is 1.16. The summed E-state index contributed by atoms with van der Waals surface area (Å²) in [7, 11) is 0. The molecule has 1 heterocycles. The number of benzene rings is 1. The van der Waals surface area contributed by atoms with Crippen molar-refractivity contribution >= 4 is 24.8 Å². The molecule has 0 bridgehead atoms. The maximum Gasteiger partial charge on any atom is 0.194 e. The van der Waals surface area contributed by atoms with E-state index in [1.165, 1.54) is 18.6 Å². The van der Waals surface area contributed by atoms with E-state index in [2.05, 4.69) is 9.97 Å². The normalized spacial score (nSPS) is 9.12. The van der Waals surface area contributed by atoms with Crippen LogP contribution in [0.3, 0.4) is 0 Å². The third-order valence-corrected chi connectivity index (χ3v) is 1.86. The molecule has 0 aliphatic rings. The van der Waals surface area contributed by atoms with Gasteiger partial charge in [-0.2, -0.15) is 0 Å². The van der Waals surface area contributed by atoms with Gasteiger partial charge in [-0.3, -0.25) is 0 Å². The molecule has 0 aliphatic carbocycles. The van der Waals surface area contributed by atoms with Gasteiger partial charge in [-0.25, -0.2) is 23.1 Å². The van der Waals surface area contributed by atoms with Gasteiger partial charge in [0.2, 0.25) is 0 Å². The maximum atomic E-state index is 12.9. The second kappa shape index (κ2) is 6.42. The van der Waals surface area contributed by atoms with Crippen LogP contribution in [0.5, 0.6) is 0 Å². The Bertz CT molecular complexity index is 471. The van der Waals surface area contributed by atoms with Crippen LogP contribution in [-0.2, 0) is 0 Å². The van der Waals surface area contributed by atoms with Gasteiger partial charge in [-0.1, -0.05) is 0 Å². The predicted octanol–water partition coefficient (Wildman–Crippen LogP) is 3.40. The summed E-state index contributed by atoms with van der Waals surface area (Å²) >= 11 is 0. The van der Waals surface area contributed by atoms with Crippen molar-refractivity contribution in [3.05, 3.63) is 48.2 Å². The number of rotatable bonds is 1. The topological polar surface area (TPSA) is 25.8 Å². The smallest absolute Gasteiger partial charge is 0.194 e. The number of nitrogens with zero attached hydrogens (tertiary/aromatic N) is 2. The highest BCUT2D eigenvalue weighted by molar-refractivity contribution is 5.85. The molecule has 0 saturated heterocycles. The van der Waals surface area contributed by atoms with Gasteiger partial charge in [0, 0.05) is 11.8 Å². The first-order valence-corrected chi connectivity index (χ1v) is 4.09. The summed E-state index contributed by atoms with van der Waals surface area (Å²) < 4.78 is 38.4. The van der Waals surface area contributed by atoms with Crippen LogP contribution < -0.4 is 0 Å². The molecule has 0 saturated carbocycles. The monoisotopic (exact) mass is 282 g/mol. The number of halogens is 5. The molecule has 0 fully saturated rings. The van der Waals surface area contributed by atoms with Crippen LogP contribution in [0.1, 0.15) is 0 Å². The molecule has 0 radical (unpaired) electrons. The van der Waals surface area contributed by atoms with Gasteiger partial charge in [0.1, 0.15) is 6.33 Å². The Morgan fingerprint density at radius 1 is 0.941 bits per heavy atom. The molecule has 0 amide bonds. The molecule has 2 rings (SSSR count). The van der Waals surface area contributed by atoms with E-state index in [9.17, 15) is 13.2 Å². The maximum absolute atomic E-state index is 12.9. The Hall–Kier alpha value is -1.33. The lowest BCUT2D eigenvalue weighted by Crippen LogP contribution is -1.93. The Kier molecular flexibility index (Phi) is 5.91. The van der Waals surface area contributed by atoms with Crippen molar-refractivity contribution < 1.29 is 13.2 Å². The lowest BCUT2D eigenvalue weighted by molar-refractivity contribution is 0.447. The SMILES string of the molecule is Cl.Cl.Fc1cc(-c2ccncn2)cc(F)c1F. The zero-order valence-corrected chi connectivity index (χ0v) is 9.86. The van der Waals surface area contributed by atoms with Crippen molar-refractivity contribution in [2.24, 2.45) is 0 Å². The largest absolute Gasteiger partial charge is 0.245 e. The zero-order chi connectivity index (χ0) is 10.8. The molecular weight excluding hydrogens is 276 g/mol. The molecule has 7 heteroatoms. The van der Waals surface area contributed by atoms with Crippen LogP contribution in [0.2, 0.25) is 0 Å². The number of aromatic nitrogens is 2. The number of hydrogen-bond donors (Lipinski definition) is 0. The second-order valence-electron chi connectivity index (χ2n) is 2.85. The molecule has 17 heavy (non-hydrogen) atoms. The Labute approximate surface area is 108 Å². The minimum Gasteiger partial charge on any atom is -0.245 e. The van der Waals surface area contributed by atoms with Gasteiger partial charge in [0.05, 0.1) is 5.69 Å². The van der Waals surface area contributed by atoms with Crippen LogP contribution in [0.4, 0.5) is 13.2 Å². The lowest BCUT2D eigenvalue weighted by atomic mass is 10.1. The van der Waals surface area contributed by atoms with Crippen molar-refractivity contribution in [1.29, 1.82) is 0 Å². The molecule has 2 aromatic rings. The molecule has 92 valence electrons.